The van der Waals surface area contributed by atoms with Crippen molar-refractivity contribution in [3.8, 4) is 0 Å². The van der Waals surface area contributed by atoms with E-state index >= 15 is 0 Å². The molecule has 1 heterocycles. The molecule has 0 spiro atoms. The molecule has 0 radical (unpaired) electrons. The van der Waals surface area contributed by atoms with Crippen LogP contribution in [-0.4, -0.2) is 46.2 Å². The SMILES string of the molecule is C[C@]1(O)C[NH2+][C@H](CO)[C@@H]1O.[Cl-]. The maximum absolute atomic E-state index is 9.37. The first-order chi connectivity index (χ1) is 4.58. The number of aliphatic hydroxyl groups is 3. The van der Waals surface area contributed by atoms with Crippen molar-refractivity contribution < 1.29 is 33.0 Å². The van der Waals surface area contributed by atoms with Crippen LogP contribution in [0, 0.1) is 0 Å². The third-order valence-electron chi connectivity index (χ3n) is 2.09. The lowest BCUT2D eigenvalue weighted by Crippen LogP contribution is -3.00. The number of halogens is 1. The van der Waals surface area contributed by atoms with Gasteiger partial charge < -0.3 is 33.0 Å². The van der Waals surface area contributed by atoms with Gasteiger partial charge in [-0.2, -0.15) is 0 Å². The Hall–Kier alpha value is 0.130. The number of rotatable bonds is 1. The fourth-order valence-electron chi connectivity index (χ4n) is 1.28. The zero-order valence-electron chi connectivity index (χ0n) is 6.37. The quantitative estimate of drug-likeness (QED) is 0.327. The molecule has 1 saturated heterocycles. The van der Waals surface area contributed by atoms with Crippen LogP contribution < -0.4 is 17.7 Å². The van der Waals surface area contributed by atoms with Gasteiger partial charge in [-0.1, -0.05) is 0 Å². The van der Waals surface area contributed by atoms with Crippen molar-refractivity contribution >= 4 is 0 Å². The molecule has 11 heavy (non-hydrogen) atoms. The van der Waals surface area contributed by atoms with Gasteiger partial charge in [0.25, 0.3) is 0 Å². The van der Waals surface area contributed by atoms with Crippen LogP contribution in [0.25, 0.3) is 0 Å². The lowest BCUT2D eigenvalue weighted by atomic mass is 10.00. The van der Waals surface area contributed by atoms with E-state index in [-0.39, 0.29) is 25.1 Å². The Kier molecular flexibility index (Phi) is 3.73. The van der Waals surface area contributed by atoms with Gasteiger partial charge in [-0.05, 0) is 6.92 Å². The van der Waals surface area contributed by atoms with Crippen LogP contribution >= 0.6 is 0 Å². The van der Waals surface area contributed by atoms with E-state index in [9.17, 15) is 10.2 Å². The van der Waals surface area contributed by atoms with Crippen molar-refractivity contribution in [2.45, 2.75) is 24.7 Å². The molecule has 4 nitrogen and oxygen atoms in total. The molecule has 0 unspecified atom stereocenters. The van der Waals surface area contributed by atoms with Crippen LogP contribution in [0.1, 0.15) is 6.92 Å². The summed E-state index contributed by atoms with van der Waals surface area (Å²) in [5, 5.41) is 29.1. The predicted octanol–water partition coefficient (Wildman–Crippen LogP) is -5.96. The number of nitrogens with two attached hydrogens (primary N) is 1. The number of hydrogen-bond donors (Lipinski definition) is 4. The molecular weight excluding hydrogens is 170 g/mol. The van der Waals surface area contributed by atoms with Gasteiger partial charge in [0.15, 0.2) is 0 Å². The highest BCUT2D eigenvalue weighted by molar-refractivity contribution is 4.89. The average molecular weight is 184 g/mol. The molecule has 0 aromatic heterocycles. The Morgan fingerprint density at radius 3 is 2.36 bits per heavy atom. The van der Waals surface area contributed by atoms with Gasteiger partial charge in [0.1, 0.15) is 24.3 Å². The summed E-state index contributed by atoms with van der Waals surface area (Å²) < 4.78 is 0. The molecule has 0 saturated carbocycles. The molecule has 0 bridgehead atoms. The van der Waals surface area contributed by atoms with E-state index in [1.807, 2.05) is 0 Å². The molecule has 0 amide bonds. The van der Waals surface area contributed by atoms with E-state index in [1.165, 1.54) is 0 Å². The molecule has 3 atom stereocenters. The fourth-order valence-corrected chi connectivity index (χ4v) is 1.28. The minimum atomic E-state index is -1.03. The molecule has 68 valence electrons. The normalized spacial score (nSPS) is 43.6. The first kappa shape index (κ1) is 11.1. The average Bonchev–Trinajstić information content (AvgIpc) is 2.10. The van der Waals surface area contributed by atoms with Crippen LogP contribution in [-0.2, 0) is 0 Å². The Labute approximate surface area is 71.6 Å². The van der Waals surface area contributed by atoms with E-state index < -0.39 is 11.7 Å². The van der Waals surface area contributed by atoms with Crippen LogP contribution in [0.15, 0.2) is 0 Å². The second-order valence-corrected chi connectivity index (χ2v) is 3.09. The highest BCUT2D eigenvalue weighted by atomic mass is 35.5. The summed E-state index contributed by atoms with van der Waals surface area (Å²) in [5.74, 6) is 0. The molecule has 1 fully saturated rings. The molecular formula is C6H14ClNO3. The molecule has 1 aliphatic heterocycles. The maximum Gasteiger partial charge on any atom is 0.142 e. The number of aliphatic hydroxyl groups excluding tert-OH is 2. The van der Waals surface area contributed by atoms with Crippen molar-refractivity contribution in [1.82, 2.24) is 0 Å². The summed E-state index contributed by atoms with van der Waals surface area (Å²) >= 11 is 0. The van der Waals surface area contributed by atoms with Crippen molar-refractivity contribution in [3.05, 3.63) is 0 Å². The smallest absolute Gasteiger partial charge is 0.142 e. The number of hydrogen-bond acceptors (Lipinski definition) is 3. The minimum absolute atomic E-state index is 0. The lowest BCUT2D eigenvalue weighted by molar-refractivity contribution is -0.678. The Morgan fingerprint density at radius 2 is 2.18 bits per heavy atom. The topological polar surface area (TPSA) is 77.3 Å². The highest BCUT2D eigenvalue weighted by Crippen LogP contribution is 2.13. The summed E-state index contributed by atoms with van der Waals surface area (Å²) in [6.45, 7) is 1.94. The molecule has 5 N–H and O–H groups in total. The van der Waals surface area contributed by atoms with Crippen molar-refractivity contribution in [2.75, 3.05) is 13.2 Å². The van der Waals surface area contributed by atoms with Gasteiger partial charge in [0.2, 0.25) is 0 Å². The molecule has 1 rings (SSSR count). The van der Waals surface area contributed by atoms with Gasteiger partial charge in [0.05, 0.1) is 6.61 Å². The third-order valence-corrected chi connectivity index (χ3v) is 2.09. The van der Waals surface area contributed by atoms with E-state index in [2.05, 4.69) is 0 Å². The Bertz CT molecular complexity index is 131. The Balaban J connectivity index is 0.000001000. The monoisotopic (exact) mass is 183 g/mol. The van der Waals surface area contributed by atoms with Crippen LogP contribution in [0.3, 0.4) is 0 Å². The molecule has 0 aromatic carbocycles. The van der Waals surface area contributed by atoms with Crippen LogP contribution in [0.2, 0.25) is 0 Å². The maximum atomic E-state index is 9.37. The standard InChI is InChI=1S/C6H13NO3.ClH/c1-6(10)3-7-4(2-8)5(6)9;/h4-5,7-10H,2-3H2,1H3;1H/t4-,5+,6+;/m1./s1. The fraction of sp³-hybridized carbons (Fsp3) is 1.00. The van der Waals surface area contributed by atoms with Gasteiger partial charge in [-0.3, -0.25) is 0 Å². The first-order valence-corrected chi connectivity index (χ1v) is 3.42. The van der Waals surface area contributed by atoms with Gasteiger partial charge >= 0.3 is 0 Å². The minimum Gasteiger partial charge on any atom is -1.00 e. The third kappa shape index (κ3) is 2.04. The van der Waals surface area contributed by atoms with E-state index in [0.29, 0.717) is 6.54 Å². The summed E-state index contributed by atoms with van der Waals surface area (Å²) in [6.07, 6.45) is -0.808. The second-order valence-electron chi connectivity index (χ2n) is 3.09. The zero-order chi connectivity index (χ0) is 7.78. The van der Waals surface area contributed by atoms with E-state index in [4.69, 9.17) is 5.11 Å². The largest absolute Gasteiger partial charge is 1.00 e. The van der Waals surface area contributed by atoms with Crippen molar-refractivity contribution in [2.24, 2.45) is 0 Å². The van der Waals surface area contributed by atoms with Gasteiger partial charge in [-0.15, -0.1) is 0 Å². The lowest BCUT2D eigenvalue weighted by Gasteiger charge is -2.17. The van der Waals surface area contributed by atoms with Crippen LogP contribution in [0.4, 0.5) is 0 Å². The van der Waals surface area contributed by atoms with Crippen LogP contribution in [0.5, 0.6) is 0 Å². The van der Waals surface area contributed by atoms with Crippen molar-refractivity contribution in [3.63, 3.8) is 0 Å². The van der Waals surface area contributed by atoms with E-state index in [0.717, 1.165) is 0 Å². The summed E-state index contributed by atoms with van der Waals surface area (Å²) in [6, 6.07) is -0.255. The van der Waals surface area contributed by atoms with Gasteiger partial charge in [-0.25, -0.2) is 0 Å². The molecule has 5 heteroatoms. The predicted molar refractivity (Wildman–Crippen MR) is 34.3 cm³/mol. The van der Waals surface area contributed by atoms with E-state index in [1.54, 1.807) is 12.2 Å². The highest BCUT2D eigenvalue weighted by Gasteiger charge is 2.46. The molecule has 0 aliphatic carbocycles. The molecule has 1 aliphatic rings. The summed E-state index contributed by atoms with van der Waals surface area (Å²) in [4.78, 5) is 0. The Morgan fingerprint density at radius 1 is 1.64 bits per heavy atom. The van der Waals surface area contributed by atoms with Gasteiger partial charge in [0, 0.05) is 0 Å². The van der Waals surface area contributed by atoms with Crippen molar-refractivity contribution in [1.29, 1.82) is 0 Å². The first-order valence-electron chi connectivity index (χ1n) is 3.42. The summed E-state index contributed by atoms with van der Waals surface area (Å²) in [5.41, 5.74) is -1.03. The number of quaternary nitrogens is 1. The summed E-state index contributed by atoms with van der Waals surface area (Å²) in [7, 11) is 0. The second kappa shape index (κ2) is 3.69. The molecule has 0 aromatic rings. The zero-order valence-corrected chi connectivity index (χ0v) is 7.12.